The molecule has 0 spiro atoms. The second-order valence-corrected chi connectivity index (χ2v) is 9.10. The third-order valence-electron chi connectivity index (χ3n) is 5.55. The lowest BCUT2D eigenvalue weighted by Gasteiger charge is -2.21. The molecule has 0 unspecified atom stereocenters. The van der Waals surface area contributed by atoms with E-state index in [0.717, 1.165) is 18.7 Å². The van der Waals surface area contributed by atoms with Gasteiger partial charge in [-0.2, -0.15) is 0 Å². The Hall–Kier alpha value is -2.58. The summed E-state index contributed by atoms with van der Waals surface area (Å²) in [5.74, 6) is 1.33. The van der Waals surface area contributed by atoms with E-state index >= 15 is 0 Å². The van der Waals surface area contributed by atoms with Crippen molar-refractivity contribution in [3.8, 4) is 5.75 Å². The first-order chi connectivity index (χ1) is 14.4. The van der Waals surface area contributed by atoms with Gasteiger partial charge in [-0.25, -0.2) is 0 Å². The summed E-state index contributed by atoms with van der Waals surface area (Å²) in [5, 5.41) is 3.63. The average molecular weight is 402 g/mol. The Bertz CT molecular complexity index is 827. The minimum Gasteiger partial charge on any atom is -0.492 e. The summed E-state index contributed by atoms with van der Waals surface area (Å²) < 4.78 is 6.00. The van der Waals surface area contributed by atoms with Gasteiger partial charge in [-0.1, -0.05) is 93.6 Å². The Morgan fingerprint density at radius 2 is 1.30 bits per heavy atom. The van der Waals surface area contributed by atoms with E-state index in [1.54, 1.807) is 0 Å². The van der Waals surface area contributed by atoms with Gasteiger partial charge in [0.05, 0.1) is 0 Å². The molecule has 0 aliphatic carbocycles. The predicted octanol–water partition coefficient (Wildman–Crippen LogP) is 6.56. The van der Waals surface area contributed by atoms with E-state index in [9.17, 15) is 0 Å². The first-order valence-electron chi connectivity index (χ1n) is 11.0. The third-order valence-corrected chi connectivity index (χ3v) is 5.55. The van der Waals surface area contributed by atoms with E-state index in [2.05, 4.69) is 118 Å². The van der Waals surface area contributed by atoms with Crippen LogP contribution in [0.1, 0.15) is 56.7 Å². The van der Waals surface area contributed by atoms with Crippen LogP contribution in [0.4, 0.5) is 0 Å². The topological polar surface area (TPSA) is 21.3 Å². The van der Waals surface area contributed by atoms with Crippen molar-refractivity contribution < 1.29 is 4.74 Å². The zero-order valence-corrected chi connectivity index (χ0v) is 18.8. The second-order valence-electron chi connectivity index (χ2n) is 9.10. The number of rotatable bonds is 9. The molecule has 0 bridgehead atoms. The van der Waals surface area contributed by atoms with Gasteiger partial charge in [0.15, 0.2) is 0 Å². The van der Waals surface area contributed by atoms with Crippen molar-refractivity contribution in [2.45, 2.75) is 51.5 Å². The van der Waals surface area contributed by atoms with E-state index < -0.39 is 0 Å². The van der Waals surface area contributed by atoms with Crippen LogP contribution in [0.5, 0.6) is 5.75 Å². The molecule has 2 nitrogen and oxygen atoms in total. The van der Waals surface area contributed by atoms with E-state index in [0.29, 0.717) is 18.6 Å². The quantitative estimate of drug-likeness (QED) is 0.438. The minimum absolute atomic E-state index is 0.168. The Morgan fingerprint density at radius 1 is 0.767 bits per heavy atom. The SMILES string of the molecule is C[C@H](COc1ccc(C(C)(C)C)cc1)NCCC(c1ccccc1)c1ccccc1. The Labute approximate surface area is 182 Å². The van der Waals surface area contributed by atoms with Crippen molar-refractivity contribution in [3.05, 3.63) is 102 Å². The minimum atomic E-state index is 0.168. The molecule has 3 aromatic rings. The van der Waals surface area contributed by atoms with Crippen LogP contribution < -0.4 is 10.1 Å². The fourth-order valence-electron chi connectivity index (χ4n) is 3.70. The third kappa shape index (κ3) is 6.47. The highest BCUT2D eigenvalue weighted by Crippen LogP contribution is 2.27. The summed E-state index contributed by atoms with van der Waals surface area (Å²) in [7, 11) is 0. The average Bonchev–Trinajstić information content (AvgIpc) is 2.76. The highest BCUT2D eigenvalue weighted by atomic mass is 16.5. The van der Waals surface area contributed by atoms with Crippen LogP contribution in [0.25, 0.3) is 0 Å². The Morgan fingerprint density at radius 3 is 1.80 bits per heavy atom. The molecular weight excluding hydrogens is 366 g/mol. The zero-order chi connectivity index (χ0) is 21.4. The maximum absolute atomic E-state index is 6.00. The summed E-state index contributed by atoms with van der Waals surface area (Å²) in [4.78, 5) is 0. The fourth-order valence-corrected chi connectivity index (χ4v) is 3.70. The van der Waals surface area contributed by atoms with Crippen LogP contribution in [-0.4, -0.2) is 19.2 Å². The molecule has 158 valence electrons. The Balaban J connectivity index is 1.50. The lowest BCUT2D eigenvalue weighted by Crippen LogP contribution is -2.33. The summed E-state index contributed by atoms with van der Waals surface area (Å²) >= 11 is 0. The van der Waals surface area contributed by atoms with Gasteiger partial charge in [0, 0.05) is 12.0 Å². The maximum atomic E-state index is 6.00. The van der Waals surface area contributed by atoms with Gasteiger partial charge in [0.25, 0.3) is 0 Å². The van der Waals surface area contributed by atoms with Gasteiger partial charge in [-0.3, -0.25) is 0 Å². The van der Waals surface area contributed by atoms with Crippen LogP contribution in [0.3, 0.4) is 0 Å². The maximum Gasteiger partial charge on any atom is 0.119 e. The number of hydrogen-bond acceptors (Lipinski definition) is 2. The summed E-state index contributed by atoms with van der Waals surface area (Å²) in [6.07, 6.45) is 1.05. The first kappa shape index (κ1) is 22.1. The van der Waals surface area contributed by atoms with Crippen LogP contribution in [0.15, 0.2) is 84.9 Å². The van der Waals surface area contributed by atoms with Crippen molar-refractivity contribution in [1.29, 1.82) is 0 Å². The molecule has 3 rings (SSSR count). The van der Waals surface area contributed by atoms with Gasteiger partial charge < -0.3 is 10.1 Å². The molecule has 0 fully saturated rings. The van der Waals surface area contributed by atoms with Gasteiger partial charge in [0.2, 0.25) is 0 Å². The molecule has 0 saturated carbocycles. The summed E-state index contributed by atoms with van der Waals surface area (Å²) in [6.45, 7) is 10.5. The van der Waals surface area contributed by atoms with Gasteiger partial charge in [-0.05, 0) is 54.1 Å². The molecular formula is C28H35NO. The molecule has 0 radical (unpaired) electrons. The van der Waals surface area contributed by atoms with Crippen molar-refractivity contribution >= 4 is 0 Å². The summed E-state index contributed by atoms with van der Waals surface area (Å²) in [5.41, 5.74) is 4.23. The molecule has 1 atom stereocenters. The van der Waals surface area contributed by atoms with Crippen molar-refractivity contribution in [2.24, 2.45) is 0 Å². The lowest BCUT2D eigenvalue weighted by atomic mass is 9.87. The second kappa shape index (κ2) is 10.4. The highest BCUT2D eigenvalue weighted by Gasteiger charge is 2.15. The molecule has 0 aliphatic rings. The van der Waals surface area contributed by atoms with Crippen LogP contribution in [-0.2, 0) is 5.41 Å². The molecule has 0 heterocycles. The van der Waals surface area contributed by atoms with Gasteiger partial charge in [0.1, 0.15) is 12.4 Å². The first-order valence-corrected chi connectivity index (χ1v) is 11.0. The van der Waals surface area contributed by atoms with E-state index in [-0.39, 0.29) is 5.41 Å². The molecule has 0 aliphatic heterocycles. The molecule has 30 heavy (non-hydrogen) atoms. The van der Waals surface area contributed by atoms with Crippen LogP contribution in [0, 0.1) is 0 Å². The number of nitrogens with one attached hydrogen (secondary N) is 1. The van der Waals surface area contributed by atoms with E-state index in [1.165, 1.54) is 16.7 Å². The van der Waals surface area contributed by atoms with Gasteiger partial charge in [-0.15, -0.1) is 0 Å². The summed E-state index contributed by atoms with van der Waals surface area (Å²) in [6, 6.07) is 30.3. The van der Waals surface area contributed by atoms with Crippen LogP contribution >= 0.6 is 0 Å². The monoisotopic (exact) mass is 401 g/mol. The van der Waals surface area contributed by atoms with Gasteiger partial charge >= 0.3 is 0 Å². The van der Waals surface area contributed by atoms with Crippen molar-refractivity contribution in [2.75, 3.05) is 13.2 Å². The molecule has 3 aromatic carbocycles. The molecule has 0 saturated heterocycles. The Kier molecular flexibility index (Phi) is 7.70. The molecule has 1 N–H and O–H groups in total. The predicted molar refractivity (Wildman–Crippen MR) is 127 cm³/mol. The molecule has 0 aromatic heterocycles. The number of benzene rings is 3. The lowest BCUT2D eigenvalue weighted by molar-refractivity contribution is 0.272. The molecule has 0 amide bonds. The van der Waals surface area contributed by atoms with E-state index in [1.807, 2.05) is 0 Å². The van der Waals surface area contributed by atoms with Crippen molar-refractivity contribution in [3.63, 3.8) is 0 Å². The largest absolute Gasteiger partial charge is 0.492 e. The zero-order valence-electron chi connectivity index (χ0n) is 18.8. The standard InChI is InChI=1S/C28H35NO/c1-22(21-30-26-17-15-25(16-18-26)28(2,3)4)29-20-19-27(23-11-7-5-8-12-23)24-13-9-6-10-14-24/h5-18,22,27,29H,19-21H2,1-4H3/t22-/m1/s1. The number of ether oxygens (including phenoxy) is 1. The fraction of sp³-hybridized carbons (Fsp3) is 0.357. The van der Waals surface area contributed by atoms with Crippen molar-refractivity contribution in [1.82, 2.24) is 5.32 Å². The normalized spacial score (nSPS) is 12.7. The van der Waals surface area contributed by atoms with E-state index in [4.69, 9.17) is 4.74 Å². The smallest absolute Gasteiger partial charge is 0.119 e. The molecule has 2 heteroatoms. The number of hydrogen-bond donors (Lipinski definition) is 1. The highest BCUT2D eigenvalue weighted by molar-refractivity contribution is 5.32. The van der Waals surface area contributed by atoms with Crippen LogP contribution in [0.2, 0.25) is 0 Å².